The van der Waals surface area contributed by atoms with Crippen molar-refractivity contribution < 1.29 is 4.79 Å². The summed E-state index contributed by atoms with van der Waals surface area (Å²) in [5.41, 5.74) is 3.63. The Morgan fingerprint density at radius 3 is 2.41 bits per heavy atom. The number of benzene rings is 2. The average molecular weight is 522 g/mol. The molecule has 2 aromatic carbocycles. The minimum atomic E-state index is -0.338. The summed E-state index contributed by atoms with van der Waals surface area (Å²) in [7, 11) is 4.12. The fourth-order valence-electron chi connectivity index (χ4n) is 4.93. The Hall–Kier alpha value is -3.07. The van der Waals surface area contributed by atoms with Crippen LogP contribution in [0.5, 0.6) is 0 Å². The molecule has 0 aromatic heterocycles. The molecule has 2 N–H and O–H groups in total. The van der Waals surface area contributed by atoms with Gasteiger partial charge in [-0.2, -0.15) is 0 Å². The molecule has 0 bridgehead atoms. The van der Waals surface area contributed by atoms with Crippen molar-refractivity contribution in [1.29, 1.82) is 0 Å². The first-order chi connectivity index (χ1) is 18.0. The number of anilines is 2. The van der Waals surface area contributed by atoms with Crippen LogP contribution in [-0.2, 0) is 6.54 Å². The maximum atomic E-state index is 13.1. The normalized spacial score (nSPS) is 21.0. The van der Waals surface area contributed by atoms with Crippen molar-refractivity contribution in [3.63, 3.8) is 0 Å². The molecule has 0 spiro atoms. The van der Waals surface area contributed by atoms with Crippen molar-refractivity contribution >= 4 is 34.7 Å². The summed E-state index contributed by atoms with van der Waals surface area (Å²) >= 11 is 6.57. The highest BCUT2D eigenvalue weighted by Crippen LogP contribution is 2.24. The van der Waals surface area contributed by atoms with Gasteiger partial charge in [-0.1, -0.05) is 35.9 Å². The number of aliphatic imine (C=N–C) groups is 1. The van der Waals surface area contributed by atoms with Crippen molar-refractivity contribution in [1.82, 2.24) is 19.6 Å². The number of hydrogen-bond donors (Lipinski definition) is 2. The van der Waals surface area contributed by atoms with Crippen LogP contribution in [0.25, 0.3) is 0 Å². The lowest BCUT2D eigenvalue weighted by Gasteiger charge is -2.32. The number of carbonyl (C=O) groups is 1. The number of para-hydroxylation sites is 1. The van der Waals surface area contributed by atoms with Crippen molar-refractivity contribution in [3.05, 3.63) is 70.9 Å². The monoisotopic (exact) mass is 521 g/mol. The molecule has 2 aromatic rings. The summed E-state index contributed by atoms with van der Waals surface area (Å²) in [6, 6.07) is 16.1. The smallest absolute Gasteiger partial charge is 0.255 e. The third-order valence-electron chi connectivity index (χ3n) is 7.24. The quantitative estimate of drug-likeness (QED) is 0.601. The summed E-state index contributed by atoms with van der Waals surface area (Å²) < 4.78 is 0. The second kappa shape index (κ2) is 11.5. The summed E-state index contributed by atoms with van der Waals surface area (Å²) in [6.45, 7) is 7.03. The van der Waals surface area contributed by atoms with Gasteiger partial charge >= 0.3 is 0 Å². The Morgan fingerprint density at radius 2 is 1.68 bits per heavy atom. The van der Waals surface area contributed by atoms with E-state index in [1.54, 1.807) is 0 Å². The number of likely N-dealkylation sites (N-methyl/N-ethyl adjacent to an activating group) is 1. The zero-order chi connectivity index (χ0) is 25.8. The van der Waals surface area contributed by atoms with Crippen LogP contribution in [0.1, 0.15) is 28.8 Å². The lowest BCUT2D eigenvalue weighted by atomic mass is 10.1. The molecule has 3 heterocycles. The number of amides is 1. The Balaban J connectivity index is 1.26. The van der Waals surface area contributed by atoms with Crippen LogP contribution in [0, 0.1) is 0 Å². The minimum absolute atomic E-state index is 0.0422. The van der Waals surface area contributed by atoms with E-state index < -0.39 is 0 Å². The molecule has 37 heavy (non-hydrogen) atoms. The van der Waals surface area contributed by atoms with Gasteiger partial charge in [0.05, 0.1) is 16.3 Å². The predicted molar refractivity (Wildman–Crippen MR) is 151 cm³/mol. The molecule has 8 nitrogen and oxygen atoms in total. The molecule has 3 aliphatic heterocycles. The zero-order valence-electron chi connectivity index (χ0n) is 21.7. The molecule has 1 unspecified atom stereocenters. The topological polar surface area (TPSA) is 66.5 Å². The van der Waals surface area contributed by atoms with Crippen molar-refractivity contribution in [3.8, 4) is 0 Å². The molecule has 3 aliphatic rings. The van der Waals surface area contributed by atoms with E-state index in [0.717, 1.165) is 64.3 Å². The molecular weight excluding hydrogens is 486 g/mol. The lowest BCUT2D eigenvalue weighted by molar-refractivity contribution is 0.0794. The molecule has 0 saturated carbocycles. The Labute approximate surface area is 224 Å². The highest BCUT2D eigenvalue weighted by atomic mass is 35.5. The highest BCUT2D eigenvalue weighted by molar-refractivity contribution is 6.45. The number of nitrogens with one attached hydrogen (secondary N) is 2. The molecule has 2 fully saturated rings. The number of carbonyl (C=O) groups excluding carboxylic acids is 1. The first-order valence-corrected chi connectivity index (χ1v) is 13.4. The van der Waals surface area contributed by atoms with Crippen molar-refractivity contribution in [2.75, 3.05) is 64.0 Å². The van der Waals surface area contributed by atoms with Crippen LogP contribution >= 0.6 is 11.6 Å². The van der Waals surface area contributed by atoms with Crippen LogP contribution in [0.3, 0.4) is 0 Å². The number of likely N-dealkylation sites (tertiary alicyclic amines) is 1. The molecule has 0 radical (unpaired) electrons. The number of hydrogen-bond acceptors (Lipinski definition) is 7. The number of rotatable bonds is 6. The van der Waals surface area contributed by atoms with Crippen molar-refractivity contribution in [2.45, 2.75) is 25.7 Å². The molecule has 9 heteroatoms. The van der Waals surface area contributed by atoms with Crippen molar-refractivity contribution in [2.24, 2.45) is 4.99 Å². The molecule has 1 atom stereocenters. The van der Waals surface area contributed by atoms with Gasteiger partial charge in [0.15, 0.2) is 6.29 Å². The maximum Gasteiger partial charge on any atom is 0.255 e. The zero-order valence-corrected chi connectivity index (χ0v) is 22.4. The largest absolute Gasteiger partial charge is 0.347 e. The minimum Gasteiger partial charge on any atom is -0.347 e. The van der Waals surface area contributed by atoms with Gasteiger partial charge in [0.25, 0.3) is 5.91 Å². The van der Waals surface area contributed by atoms with Gasteiger partial charge in [-0.3, -0.25) is 9.69 Å². The summed E-state index contributed by atoms with van der Waals surface area (Å²) in [5, 5.41) is 7.30. The Kier molecular flexibility index (Phi) is 7.98. The first-order valence-electron chi connectivity index (χ1n) is 13.1. The summed E-state index contributed by atoms with van der Waals surface area (Å²) in [5.74, 6) is 0.575. The van der Waals surface area contributed by atoms with Gasteiger partial charge in [-0.25, -0.2) is 4.99 Å². The maximum absolute atomic E-state index is 13.1. The number of amidine groups is 1. The fourth-order valence-corrected chi connectivity index (χ4v) is 5.18. The third kappa shape index (κ3) is 6.26. The van der Waals surface area contributed by atoms with E-state index in [0.29, 0.717) is 22.1 Å². The standard InChI is InChI=1S/C28H36ClN7O/c1-33-15-17-35(18-16-33)19-21-9-11-22(12-10-21)30-28-32-26(24(29)20-34(28)2)31-25-8-4-3-7-23(25)27(37)36-13-5-6-14-36/h3-4,7-12,20,28,30H,5-6,13-19H2,1-2H3,(H,31,32). The van der Waals surface area contributed by atoms with Crippen LogP contribution in [0.15, 0.2) is 64.8 Å². The molecule has 5 rings (SSSR count). The van der Waals surface area contributed by atoms with E-state index in [2.05, 4.69) is 51.7 Å². The predicted octanol–water partition coefficient (Wildman–Crippen LogP) is 3.90. The Bertz CT molecular complexity index is 1150. The lowest BCUT2D eigenvalue weighted by Crippen LogP contribution is -2.43. The second-order valence-electron chi connectivity index (χ2n) is 10.1. The Morgan fingerprint density at radius 1 is 0.973 bits per heavy atom. The summed E-state index contributed by atoms with van der Waals surface area (Å²) in [4.78, 5) is 26.6. The van der Waals surface area contributed by atoms with E-state index in [-0.39, 0.29) is 12.2 Å². The van der Waals surface area contributed by atoms with Gasteiger partial charge in [0.2, 0.25) is 0 Å². The molecule has 1 amide bonds. The number of nitrogens with zero attached hydrogens (tertiary/aromatic N) is 5. The van der Waals surface area contributed by atoms with Crippen LogP contribution in [0.2, 0.25) is 0 Å². The van der Waals surface area contributed by atoms with Crippen LogP contribution < -0.4 is 10.6 Å². The van der Waals surface area contributed by atoms with Crippen LogP contribution in [0.4, 0.5) is 11.4 Å². The van der Waals surface area contributed by atoms with Gasteiger partial charge in [-0.05, 0) is 49.7 Å². The first kappa shape index (κ1) is 25.6. The molecule has 2 saturated heterocycles. The van der Waals surface area contributed by atoms with Gasteiger partial charge in [0, 0.05) is 64.7 Å². The van der Waals surface area contributed by atoms with E-state index in [1.165, 1.54) is 5.56 Å². The molecule has 0 aliphatic carbocycles. The average Bonchev–Trinajstić information content (AvgIpc) is 3.44. The molecule has 196 valence electrons. The third-order valence-corrected chi connectivity index (χ3v) is 7.51. The van der Waals surface area contributed by atoms with Gasteiger partial charge < -0.3 is 25.3 Å². The van der Waals surface area contributed by atoms with E-state index in [1.807, 2.05) is 47.3 Å². The number of halogens is 1. The molecular formula is C28H36ClN7O. The van der Waals surface area contributed by atoms with E-state index in [9.17, 15) is 4.79 Å². The van der Waals surface area contributed by atoms with E-state index >= 15 is 0 Å². The SMILES string of the molecule is CN1CCN(Cc2ccc(NC3N=C(Nc4ccccc4C(=O)N4CCCC4)C(Cl)=CN3C)cc2)CC1. The van der Waals surface area contributed by atoms with Gasteiger partial charge in [0.1, 0.15) is 5.84 Å². The van der Waals surface area contributed by atoms with Gasteiger partial charge in [-0.15, -0.1) is 0 Å². The second-order valence-corrected chi connectivity index (χ2v) is 10.5. The number of piperazine rings is 1. The summed E-state index contributed by atoms with van der Waals surface area (Å²) in [6.07, 6.45) is 3.62. The highest BCUT2D eigenvalue weighted by Gasteiger charge is 2.25. The van der Waals surface area contributed by atoms with Crippen LogP contribution in [-0.4, -0.2) is 91.0 Å². The van der Waals surface area contributed by atoms with E-state index in [4.69, 9.17) is 16.6 Å². The fraction of sp³-hybridized carbons (Fsp3) is 0.429.